The SMILES string of the molecule is O=S(=O)(CCc1ccccn1)NCc1cc(Br)cs1. The summed E-state index contributed by atoms with van der Waals surface area (Å²) in [5.74, 6) is 0.0521. The second-order valence-corrected chi connectivity index (χ2v) is 7.78. The van der Waals surface area contributed by atoms with Crippen LogP contribution in [-0.2, 0) is 23.0 Å². The summed E-state index contributed by atoms with van der Waals surface area (Å²) in [4.78, 5) is 5.09. The Hall–Kier alpha value is -0.760. The van der Waals surface area contributed by atoms with E-state index in [2.05, 4.69) is 25.6 Å². The Kier molecular flexibility index (Phi) is 5.09. The molecular formula is C12H13BrN2O2S2. The van der Waals surface area contributed by atoms with Gasteiger partial charge in [-0.2, -0.15) is 0 Å². The van der Waals surface area contributed by atoms with Crippen LogP contribution in [0.25, 0.3) is 0 Å². The fourth-order valence-electron chi connectivity index (χ4n) is 1.48. The van der Waals surface area contributed by atoms with Crippen LogP contribution in [0.5, 0.6) is 0 Å². The summed E-state index contributed by atoms with van der Waals surface area (Å²) in [5.41, 5.74) is 0.784. The fourth-order valence-corrected chi connectivity index (χ4v) is 3.96. The zero-order valence-electron chi connectivity index (χ0n) is 10.0. The fraction of sp³-hybridized carbons (Fsp3) is 0.250. The third kappa shape index (κ3) is 5.02. The summed E-state index contributed by atoms with van der Waals surface area (Å²) < 4.78 is 27.2. The van der Waals surface area contributed by atoms with Crippen LogP contribution in [0, 0.1) is 0 Å². The molecule has 0 unspecified atom stereocenters. The average molecular weight is 361 g/mol. The van der Waals surface area contributed by atoms with E-state index < -0.39 is 10.0 Å². The van der Waals surface area contributed by atoms with Gasteiger partial charge in [0.2, 0.25) is 10.0 Å². The van der Waals surface area contributed by atoms with Crippen LogP contribution in [0.4, 0.5) is 0 Å². The molecule has 0 aromatic carbocycles. The van der Waals surface area contributed by atoms with Gasteiger partial charge in [-0.1, -0.05) is 6.07 Å². The van der Waals surface area contributed by atoms with Crippen molar-refractivity contribution in [1.29, 1.82) is 0 Å². The molecule has 0 aliphatic carbocycles. The van der Waals surface area contributed by atoms with Gasteiger partial charge in [0, 0.05) is 39.6 Å². The number of aromatic nitrogens is 1. The van der Waals surface area contributed by atoms with Crippen LogP contribution in [0.1, 0.15) is 10.6 Å². The molecule has 0 bridgehead atoms. The van der Waals surface area contributed by atoms with Gasteiger partial charge >= 0.3 is 0 Å². The normalized spacial score (nSPS) is 11.6. The molecule has 0 atom stereocenters. The lowest BCUT2D eigenvalue weighted by molar-refractivity contribution is 0.580. The van der Waals surface area contributed by atoms with Crippen LogP contribution >= 0.6 is 27.3 Å². The molecule has 0 aliphatic rings. The minimum absolute atomic E-state index is 0.0521. The van der Waals surface area contributed by atoms with Crippen LogP contribution in [-0.4, -0.2) is 19.2 Å². The molecule has 2 aromatic rings. The zero-order valence-corrected chi connectivity index (χ0v) is 13.3. The molecule has 0 radical (unpaired) electrons. The monoisotopic (exact) mass is 360 g/mol. The molecule has 19 heavy (non-hydrogen) atoms. The number of sulfonamides is 1. The van der Waals surface area contributed by atoms with Gasteiger partial charge < -0.3 is 0 Å². The summed E-state index contributed by atoms with van der Waals surface area (Å²) in [6.45, 7) is 0.334. The van der Waals surface area contributed by atoms with Crippen molar-refractivity contribution in [1.82, 2.24) is 9.71 Å². The molecule has 2 heterocycles. The Labute approximate surface area is 125 Å². The number of aryl methyl sites for hydroxylation is 1. The summed E-state index contributed by atoms with van der Waals surface area (Å²) in [6, 6.07) is 7.40. The number of nitrogens with zero attached hydrogens (tertiary/aromatic N) is 1. The summed E-state index contributed by atoms with van der Waals surface area (Å²) in [7, 11) is -3.27. The molecule has 7 heteroatoms. The quantitative estimate of drug-likeness (QED) is 0.860. The topological polar surface area (TPSA) is 59.1 Å². The Bertz CT molecular complexity index is 626. The van der Waals surface area contributed by atoms with Crippen molar-refractivity contribution in [3.8, 4) is 0 Å². The minimum atomic E-state index is -3.27. The maximum Gasteiger partial charge on any atom is 0.212 e. The van der Waals surface area contributed by atoms with Gasteiger partial charge in [-0.05, 0) is 34.1 Å². The van der Waals surface area contributed by atoms with Crippen molar-refractivity contribution in [3.05, 3.63) is 50.9 Å². The molecule has 4 nitrogen and oxygen atoms in total. The Morgan fingerprint density at radius 2 is 2.21 bits per heavy atom. The van der Waals surface area contributed by atoms with Gasteiger partial charge in [-0.15, -0.1) is 11.3 Å². The number of nitrogens with one attached hydrogen (secondary N) is 1. The average Bonchev–Trinajstić information content (AvgIpc) is 2.82. The number of pyridine rings is 1. The largest absolute Gasteiger partial charge is 0.261 e. The lowest BCUT2D eigenvalue weighted by atomic mass is 10.3. The van der Waals surface area contributed by atoms with Gasteiger partial charge in [0.1, 0.15) is 0 Å². The summed E-state index contributed by atoms with van der Waals surface area (Å²) in [5, 5.41) is 1.93. The molecule has 102 valence electrons. The number of halogens is 1. The van der Waals surface area contributed by atoms with Crippen LogP contribution < -0.4 is 4.72 Å². The van der Waals surface area contributed by atoms with Crippen molar-refractivity contribution in [2.45, 2.75) is 13.0 Å². The molecule has 1 N–H and O–H groups in total. The van der Waals surface area contributed by atoms with Crippen molar-refractivity contribution < 1.29 is 8.42 Å². The van der Waals surface area contributed by atoms with Gasteiger partial charge in [-0.3, -0.25) is 4.98 Å². The van der Waals surface area contributed by atoms with E-state index in [1.165, 1.54) is 11.3 Å². The van der Waals surface area contributed by atoms with E-state index in [-0.39, 0.29) is 5.75 Å². The van der Waals surface area contributed by atoms with Crippen LogP contribution in [0.2, 0.25) is 0 Å². The highest BCUT2D eigenvalue weighted by Gasteiger charge is 2.11. The van der Waals surface area contributed by atoms with Crippen LogP contribution in [0.15, 0.2) is 40.3 Å². The molecule has 2 aromatic heterocycles. The summed E-state index contributed by atoms with van der Waals surface area (Å²) >= 11 is 4.86. The molecule has 0 saturated heterocycles. The van der Waals surface area contributed by atoms with Gasteiger partial charge in [-0.25, -0.2) is 13.1 Å². The van der Waals surface area contributed by atoms with E-state index in [0.717, 1.165) is 15.0 Å². The lowest BCUT2D eigenvalue weighted by Gasteiger charge is -2.05. The second-order valence-electron chi connectivity index (χ2n) is 3.94. The number of rotatable bonds is 6. The maximum absolute atomic E-state index is 11.8. The number of hydrogen-bond donors (Lipinski definition) is 1. The van der Waals surface area contributed by atoms with Gasteiger partial charge in [0.15, 0.2) is 0 Å². The highest BCUT2D eigenvalue weighted by molar-refractivity contribution is 9.10. The van der Waals surface area contributed by atoms with Gasteiger partial charge in [0.05, 0.1) is 5.75 Å². The second kappa shape index (κ2) is 6.60. The first-order valence-electron chi connectivity index (χ1n) is 5.65. The third-order valence-corrected chi connectivity index (χ3v) is 5.46. The van der Waals surface area contributed by atoms with E-state index >= 15 is 0 Å². The first-order chi connectivity index (χ1) is 9.05. The van der Waals surface area contributed by atoms with E-state index in [9.17, 15) is 8.42 Å². The molecule has 0 amide bonds. The van der Waals surface area contributed by atoms with E-state index in [4.69, 9.17) is 0 Å². The standard InChI is InChI=1S/C12H13BrN2O2S2/c13-10-7-12(18-9-10)8-15-19(16,17)6-4-11-3-1-2-5-14-11/h1-3,5,7,9,15H,4,6,8H2. The highest BCUT2D eigenvalue weighted by atomic mass is 79.9. The van der Waals surface area contributed by atoms with Crippen LogP contribution in [0.3, 0.4) is 0 Å². The number of thiophene rings is 1. The number of hydrogen-bond acceptors (Lipinski definition) is 4. The first kappa shape index (κ1) is 14.6. The molecule has 0 fully saturated rings. The molecule has 0 spiro atoms. The molecule has 0 saturated carbocycles. The van der Waals surface area contributed by atoms with Gasteiger partial charge in [0.25, 0.3) is 0 Å². The molecular weight excluding hydrogens is 348 g/mol. The van der Waals surface area contributed by atoms with E-state index in [0.29, 0.717) is 13.0 Å². The van der Waals surface area contributed by atoms with Crippen molar-refractivity contribution in [3.63, 3.8) is 0 Å². The third-order valence-electron chi connectivity index (χ3n) is 2.44. The Balaban J connectivity index is 1.85. The molecule has 2 rings (SSSR count). The minimum Gasteiger partial charge on any atom is -0.261 e. The first-order valence-corrected chi connectivity index (χ1v) is 8.98. The lowest BCUT2D eigenvalue weighted by Crippen LogP contribution is -2.26. The van der Waals surface area contributed by atoms with Crippen molar-refractivity contribution in [2.75, 3.05) is 5.75 Å². The summed E-state index contributed by atoms with van der Waals surface area (Å²) in [6.07, 6.45) is 2.09. The predicted molar refractivity (Wildman–Crippen MR) is 80.6 cm³/mol. The van der Waals surface area contributed by atoms with E-state index in [1.807, 2.05) is 29.6 Å². The smallest absolute Gasteiger partial charge is 0.212 e. The van der Waals surface area contributed by atoms with E-state index in [1.54, 1.807) is 6.20 Å². The van der Waals surface area contributed by atoms with Crippen molar-refractivity contribution in [2.24, 2.45) is 0 Å². The Morgan fingerprint density at radius 1 is 1.37 bits per heavy atom. The van der Waals surface area contributed by atoms with Crippen molar-refractivity contribution >= 4 is 37.3 Å². The maximum atomic E-state index is 11.8. The molecule has 0 aliphatic heterocycles. The Morgan fingerprint density at radius 3 is 2.84 bits per heavy atom. The zero-order chi connectivity index (χ0) is 13.7. The predicted octanol–water partition coefficient (Wildman–Crippen LogP) is 2.57. The highest BCUT2D eigenvalue weighted by Crippen LogP contribution is 2.19.